The van der Waals surface area contributed by atoms with Crippen LogP contribution in [0.15, 0.2) is 40.9 Å². The molecule has 26 heavy (non-hydrogen) atoms. The Labute approximate surface area is 152 Å². The first-order chi connectivity index (χ1) is 12.6. The van der Waals surface area contributed by atoms with E-state index < -0.39 is 6.29 Å². The number of amides is 1. The largest absolute Gasteiger partial charge is 0.362 e. The lowest BCUT2D eigenvalue weighted by molar-refractivity contribution is -0.0430. The second-order valence-corrected chi connectivity index (χ2v) is 7.17. The molecule has 1 aliphatic rings. The van der Waals surface area contributed by atoms with Gasteiger partial charge in [0, 0.05) is 23.6 Å². The van der Waals surface area contributed by atoms with Gasteiger partial charge in [-0.1, -0.05) is 46.8 Å². The Kier molecular flexibility index (Phi) is 4.49. The highest BCUT2D eigenvalue weighted by atomic mass is 32.1. The lowest BCUT2D eigenvalue weighted by atomic mass is 9.80. The van der Waals surface area contributed by atoms with E-state index in [2.05, 4.69) is 20.7 Å². The van der Waals surface area contributed by atoms with Gasteiger partial charge in [-0.15, -0.1) is 10.2 Å². The van der Waals surface area contributed by atoms with Gasteiger partial charge in [-0.05, 0) is 12.8 Å². The van der Waals surface area contributed by atoms with Crippen LogP contribution in [-0.4, -0.2) is 37.5 Å². The second kappa shape index (κ2) is 6.94. The lowest BCUT2D eigenvalue weighted by Gasteiger charge is -2.33. The molecule has 2 aromatic heterocycles. The standard InChI is InChI=1S/C17H16N4O4S/c22-14(12-8-13(25-21-12)9-4-2-1-3-5-9)18-11-6-10(7-11)15-19-20-16(26-15)17(23)24/h1-5,8,10-11,17,23-24H,6-7H2,(H,18,22)/t10-,11+. The number of hydrogen-bond donors (Lipinski definition) is 3. The summed E-state index contributed by atoms with van der Waals surface area (Å²) in [6, 6.07) is 11.1. The number of benzene rings is 1. The Morgan fingerprint density at radius 3 is 2.69 bits per heavy atom. The fourth-order valence-electron chi connectivity index (χ4n) is 2.83. The molecule has 0 aliphatic heterocycles. The number of carbonyl (C=O) groups excluding carboxylic acids is 1. The molecule has 0 radical (unpaired) electrons. The van der Waals surface area contributed by atoms with Crippen molar-refractivity contribution >= 4 is 17.2 Å². The molecular weight excluding hydrogens is 356 g/mol. The molecule has 1 fully saturated rings. The van der Waals surface area contributed by atoms with Crippen LogP contribution in [-0.2, 0) is 0 Å². The van der Waals surface area contributed by atoms with Crippen molar-refractivity contribution in [2.75, 3.05) is 0 Å². The van der Waals surface area contributed by atoms with Crippen LogP contribution < -0.4 is 5.32 Å². The number of nitrogens with zero attached hydrogens (tertiary/aromatic N) is 3. The van der Waals surface area contributed by atoms with Gasteiger partial charge in [-0.2, -0.15) is 0 Å². The molecule has 4 rings (SSSR count). The summed E-state index contributed by atoms with van der Waals surface area (Å²) in [7, 11) is 0. The van der Waals surface area contributed by atoms with Gasteiger partial charge in [0.15, 0.2) is 16.5 Å². The Morgan fingerprint density at radius 1 is 1.23 bits per heavy atom. The smallest absolute Gasteiger partial charge is 0.273 e. The summed E-state index contributed by atoms with van der Waals surface area (Å²) >= 11 is 1.18. The van der Waals surface area contributed by atoms with Gasteiger partial charge in [0.25, 0.3) is 5.91 Å². The van der Waals surface area contributed by atoms with Crippen molar-refractivity contribution in [1.82, 2.24) is 20.7 Å². The van der Waals surface area contributed by atoms with E-state index in [-0.39, 0.29) is 28.6 Å². The molecule has 8 nitrogen and oxygen atoms in total. The third-order valence-corrected chi connectivity index (χ3v) is 5.43. The molecule has 3 N–H and O–H groups in total. The normalized spacial score (nSPS) is 19.3. The van der Waals surface area contributed by atoms with E-state index in [9.17, 15) is 4.79 Å². The second-order valence-electron chi connectivity index (χ2n) is 6.13. The summed E-state index contributed by atoms with van der Waals surface area (Å²) in [4.78, 5) is 12.3. The van der Waals surface area contributed by atoms with E-state index in [1.165, 1.54) is 11.3 Å². The summed E-state index contributed by atoms with van der Waals surface area (Å²) in [5, 5.41) is 33.6. The molecule has 1 saturated carbocycles. The molecule has 2 heterocycles. The van der Waals surface area contributed by atoms with Gasteiger partial charge >= 0.3 is 0 Å². The number of rotatable bonds is 5. The molecule has 0 bridgehead atoms. The van der Waals surface area contributed by atoms with Gasteiger partial charge < -0.3 is 20.1 Å². The predicted molar refractivity (Wildman–Crippen MR) is 92.3 cm³/mol. The van der Waals surface area contributed by atoms with E-state index in [1.807, 2.05) is 30.3 Å². The van der Waals surface area contributed by atoms with Gasteiger partial charge in [-0.3, -0.25) is 4.79 Å². The number of nitrogens with one attached hydrogen (secondary N) is 1. The molecule has 1 aliphatic carbocycles. The fourth-order valence-corrected chi connectivity index (χ4v) is 3.68. The molecule has 0 spiro atoms. The lowest BCUT2D eigenvalue weighted by Crippen LogP contribution is -2.43. The van der Waals surface area contributed by atoms with Crippen LogP contribution >= 0.6 is 11.3 Å². The molecule has 9 heteroatoms. The van der Waals surface area contributed by atoms with Crippen molar-refractivity contribution in [1.29, 1.82) is 0 Å². The van der Waals surface area contributed by atoms with E-state index in [0.29, 0.717) is 5.76 Å². The SMILES string of the molecule is O=C(N[C@H]1C[C@@H](c2nnc(C(O)O)s2)C1)c1cc(-c2ccccc2)on1. The van der Waals surface area contributed by atoms with E-state index in [1.54, 1.807) is 6.07 Å². The van der Waals surface area contributed by atoms with Crippen LogP contribution in [0.5, 0.6) is 0 Å². The highest BCUT2D eigenvalue weighted by Crippen LogP contribution is 2.38. The van der Waals surface area contributed by atoms with E-state index in [0.717, 1.165) is 23.4 Å². The number of hydrogen-bond acceptors (Lipinski definition) is 8. The van der Waals surface area contributed by atoms with Crippen molar-refractivity contribution in [3.05, 3.63) is 52.1 Å². The first-order valence-electron chi connectivity index (χ1n) is 8.12. The van der Waals surface area contributed by atoms with Crippen LogP contribution in [0, 0.1) is 0 Å². The minimum Gasteiger partial charge on any atom is -0.362 e. The monoisotopic (exact) mass is 372 g/mol. The number of carbonyl (C=O) groups is 1. The molecule has 3 aromatic rings. The Balaban J connectivity index is 1.33. The summed E-state index contributed by atoms with van der Waals surface area (Å²) in [6.45, 7) is 0. The van der Waals surface area contributed by atoms with Gasteiger partial charge in [0.1, 0.15) is 5.01 Å². The van der Waals surface area contributed by atoms with Crippen LogP contribution in [0.1, 0.15) is 45.6 Å². The highest BCUT2D eigenvalue weighted by molar-refractivity contribution is 7.11. The minimum atomic E-state index is -1.59. The van der Waals surface area contributed by atoms with Gasteiger partial charge in [0.05, 0.1) is 0 Å². The van der Waals surface area contributed by atoms with Gasteiger partial charge in [-0.25, -0.2) is 0 Å². The molecule has 0 unspecified atom stereocenters. The maximum Gasteiger partial charge on any atom is 0.273 e. The first kappa shape index (κ1) is 16.8. The molecular formula is C17H16N4O4S. The summed E-state index contributed by atoms with van der Waals surface area (Å²) in [5.41, 5.74) is 1.11. The Hall–Kier alpha value is -2.62. The minimum absolute atomic E-state index is 0.0239. The third kappa shape index (κ3) is 3.36. The van der Waals surface area contributed by atoms with E-state index in [4.69, 9.17) is 14.7 Å². The number of aromatic nitrogens is 3. The zero-order valence-corrected chi connectivity index (χ0v) is 14.4. The van der Waals surface area contributed by atoms with Crippen molar-refractivity contribution in [2.45, 2.75) is 31.1 Å². The predicted octanol–water partition coefficient (Wildman–Crippen LogP) is 1.85. The van der Waals surface area contributed by atoms with E-state index >= 15 is 0 Å². The van der Waals surface area contributed by atoms with Crippen molar-refractivity contribution in [2.24, 2.45) is 0 Å². The Bertz CT molecular complexity index is 902. The molecule has 134 valence electrons. The molecule has 0 saturated heterocycles. The maximum absolute atomic E-state index is 12.3. The van der Waals surface area contributed by atoms with Gasteiger partial charge in [0.2, 0.25) is 6.29 Å². The fraction of sp³-hybridized carbons (Fsp3) is 0.294. The molecule has 0 atom stereocenters. The average Bonchev–Trinajstić information content (AvgIpc) is 3.28. The van der Waals surface area contributed by atoms with Crippen LogP contribution in [0.4, 0.5) is 0 Å². The van der Waals surface area contributed by atoms with Crippen LogP contribution in [0.3, 0.4) is 0 Å². The quantitative estimate of drug-likeness (QED) is 0.584. The van der Waals surface area contributed by atoms with Crippen molar-refractivity contribution < 1.29 is 19.5 Å². The summed E-state index contributed by atoms with van der Waals surface area (Å²) in [6.07, 6.45) is -0.140. The van der Waals surface area contributed by atoms with Crippen molar-refractivity contribution in [3.63, 3.8) is 0 Å². The van der Waals surface area contributed by atoms with Crippen molar-refractivity contribution in [3.8, 4) is 11.3 Å². The summed E-state index contributed by atoms with van der Waals surface area (Å²) < 4.78 is 5.25. The Morgan fingerprint density at radius 2 is 2.00 bits per heavy atom. The molecule has 1 amide bonds. The highest BCUT2D eigenvalue weighted by Gasteiger charge is 2.34. The third-order valence-electron chi connectivity index (χ3n) is 4.30. The zero-order chi connectivity index (χ0) is 18.1. The number of aliphatic hydroxyl groups is 2. The van der Waals surface area contributed by atoms with Crippen LogP contribution in [0.25, 0.3) is 11.3 Å². The topological polar surface area (TPSA) is 121 Å². The number of aliphatic hydroxyl groups excluding tert-OH is 1. The first-order valence-corrected chi connectivity index (χ1v) is 8.94. The summed E-state index contributed by atoms with van der Waals surface area (Å²) in [5.74, 6) is 0.441. The zero-order valence-electron chi connectivity index (χ0n) is 13.6. The maximum atomic E-state index is 12.3. The average molecular weight is 372 g/mol. The molecule has 1 aromatic carbocycles. The van der Waals surface area contributed by atoms with Crippen LogP contribution in [0.2, 0.25) is 0 Å².